The summed E-state index contributed by atoms with van der Waals surface area (Å²) in [5, 5.41) is 5.72. The lowest BCUT2D eigenvalue weighted by Crippen LogP contribution is -2.10. The minimum Gasteiger partial charge on any atom is -0.297 e. The third-order valence-electron chi connectivity index (χ3n) is 3.17. The van der Waals surface area contributed by atoms with E-state index in [4.69, 9.17) is 0 Å². The number of hydrogen-bond donors (Lipinski definition) is 1. The van der Waals surface area contributed by atoms with Crippen molar-refractivity contribution in [2.24, 2.45) is 0 Å². The molecule has 0 saturated heterocycles. The minimum absolute atomic E-state index is 0.283. The second kappa shape index (κ2) is 6.55. The zero-order valence-corrected chi connectivity index (χ0v) is 14.2. The van der Waals surface area contributed by atoms with Crippen LogP contribution in [-0.2, 0) is 0 Å². The lowest BCUT2D eigenvalue weighted by atomic mass is 10.2. The van der Waals surface area contributed by atoms with E-state index in [0.717, 1.165) is 17.0 Å². The summed E-state index contributed by atoms with van der Waals surface area (Å²) in [5.41, 5.74) is 1.34. The van der Waals surface area contributed by atoms with Crippen LogP contribution in [0.3, 0.4) is 0 Å². The molecule has 1 amide bonds. The third-order valence-corrected chi connectivity index (χ3v) is 4.97. The van der Waals surface area contributed by atoms with E-state index < -0.39 is 0 Å². The number of nitrogens with one attached hydrogen (secondary N) is 1. The van der Waals surface area contributed by atoms with Gasteiger partial charge in [0.2, 0.25) is 0 Å². The summed E-state index contributed by atoms with van der Waals surface area (Å²) in [5.74, 6) is -0.321. The number of aromatic nitrogens is 2. The summed E-state index contributed by atoms with van der Waals surface area (Å²) in [6.45, 7) is 4.09. The molecule has 0 aliphatic heterocycles. The van der Waals surface area contributed by atoms with Gasteiger partial charge in [0.25, 0.3) is 5.91 Å². The molecule has 118 valence electrons. The van der Waals surface area contributed by atoms with Crippen LogP contribution in [0.15, 0.2) is 35.8 Å². The molecule has 0 saturated carbocycles. The van der Waals surface area contributed by atoms with Gasteiger partial charge in [0.05, 0.1) is 11.9 Å². The van der Waals surface area contributed by atoms with Gasteiger partial charge in [-0.1, -0.05) is 26.0 Å². The van der Waals surface area contributed by atoms with Gasteiger partial charge in [0.1, 0.15) is 15.7 Å². The Hall–Kier alpha value is -2.12. The van der Waals surface area contributed by atoms with Crippen molar-refractivity contribution in [1.82, 2.24) is 9.97 Å². The Morgan fingerprint density at radius 2 is 2.09 bits per heavy atom. The molecule has 1 aromatic carbocycles. The summed E-state index contributed by atoms with van der Waals surface area (Å²) in [6, 6.07) is 6.38. The second-order valence-electron chi connectivity index (χ2n) is 5.20. The number of halogens is 1. The zero-order valence-electron chi connectivity index (χ0n) is 12.5. The molecular weight excluding hydrogens is 333 g/mol. The van der Waals surface area contributed by atoms with Crippen molar-refractivity contribution in [3.63, 3.8) is 0 Å². The Morgan fingerprint density at radius 1 is 1.30 bits per heavy atom. The molecule has 0 aliphatic rings. The number of benzene rings is 1. The Kier molecular flexibility index (Phi) is 4.49. The molecule has 0 unspecified atom stereocenters. The SMILES string of the molecule is CC(C)c1csc(NC(=O)c2cnc(-c3ccccc3F)s2)n1. The summed E-state index contributed by atoms with van der Waals surface area (Å²) in [7, 11) is 0. The highest BCUT2D eigenvalue weighted by molar-refractivity contribution is 7.17. The van der Waals surface area contributed by atoms with E-state index in [-0.39, 0.29) is 11.7 Å². The maximum Gasteiger partial charge on any atom is 0.269 e. The van der Waals surface area contributed by atoms with E-state index >= 15 is 0 Å². The summed E-state index contributed by atoms with van der Waals surface area (Å²) >= 11 is 2.54. The van der Waals surface area contributed by atoms with Crippen molar-refractivity contribution in [2.75, 3.05) is 5.32 Å². The maximum absolute atomic E-state index is 13.8. The number of nitrogens with zero attached hydrogens (tertiary/aromatic N) is 2. The highest BCUT2D eigenvalue weighted by Crippen LogP contribution is 2.28. The van der Waals surface area contributed by atoms with Gasteiger partial charge in [-0.2, -0.15) is 0 Å². The van der Waals surface area contributed by atoms with E-state index in [1.54, 1.807) is 18.2 Å². The van der Waals surface area contributed by atoms with Crippen LogP contribution in [0.5, 0.6) is 0 Å². The van der Waals surface area contributed by atoms with Crippen LogP contribution in [0.4, 0.5) is 9.52 Å². The van der Waals surface area contributed by atoms with Gasteiger partial charge >= 0.3 is 0 Å². The number of carbonyl (C=O) groups is 1. The average molecular weight is 347 g/mol. The average Bonchev–Trinajstić information content (AvgIpc) is 3.16. The highest BCUT2D eigenvalue weighted by atomic mass is 32.1. The van der Waals surface area contributed by atoms with Crippen molar-refractivity contribution in [3.05, 3.63) is 52.2 Å². The smallest absolute Gasteiger partial charge is 0.269 e. The first-order chi connectivity index (χ1) is 11.0. The molecule has 0 fully saturated rings. The summed E-state index contributed by atoms with van der Waals surface area (Å²) in [4.78, 5) is 21.2. The predicted octanol–water partition coefficient (Wildman–Crippen LogP) is 4.78. The molecule has 2 aromatic heterocycles. The summed E-state index contributed by atoms with van der Waals surface area (Å²) in [6.07, 6.45) is 1.46. The lowest BCUT2D eigenvalue weighted by molar-refractivity contribution is 0.103. The van der Waals surface area contributed by atoms with E-state index in [9.17, 15) is 9.18 Å². The van der Waals surface area contributed by atoms with Crippen LogP contribution in [0.2, 0.25) is 0 Å². The fraction of sp³-hybridized carbons (Fsp3) is 0.188. The van der Waals surface area contributed by atoms with Gasteiger partial charge in [0.15, 0.2) is 5.13 Å². The Morgan fingerprint density at radius 3 is 2.78 bits per heavy atom. The largest absolute Gasteiger partial charge is 0.297 e. The number of hydrogen-bond acceptors (Lipinski definition) is 5. The fourth-order valence-corrected chi connectivity index (χ4v) is 3.61. The molecule has 0 radical (unpaired) electrons. The molecule has 3 aromatic rings. The topological polar surface area (TPSA) is 54.9 Å². The van der Waals surface area contributed by atoms with E-state index in [1.165, 1.54) is 23.6 Å². The number of thiazole rings is 2. The first-order valence-corrected chi connectivity index (χ1v) is 8.71. The molecule has 0 spiro atoms. The fourth-order valence-electron chi connectivity index (χ4n) is 1.91. The van der Waals surface area contributed by atoms with Gasteiger partial charge in [-0.3, -0.25) is 10.1 Å². The Labute approximate surface area is 141 Å². The third kappa shape index (κ3) is 3.46. The molecule has 0 bridgehead atoms. The molecule has 1 N–H and O–H groups in total. The lowest BCUT2D eigenvalue weighted by Gasteiger charge is -1.99. The van der Waals surface area contributed by atoms with Crippen molar-refractivity contribution in [1.29, 1.82) is 0 Å². The van der Waals surface area contributed by atoms with Gasteiger partial charge < -0.3 is 0 Å². The molecule has 7 heteroatoms. The molecule has 0 atom stereocenters. The predicted molar refractivity (Wildman–Crippen MR) is 91.7 cm³/mol. The van der Waals surface area contributed by atoms with Crippen LogP contribution in [0, 0.1) is 5.82 Å². The van der Waals surface area contributed by atoms with Crippen molar-refractivity contribution in [2.45, 2.75) is 19.8 Å². The molecular formula is C16H14FN3OS2. The van der Waals surface area contributed by atoms with Crippen molar-refractivity contribution >= 4 is 33.7 Å². The molecule has 2 heterocycles. The van der Waals surface area contributed by atoms with E-state index in [0.29, 0.717) is 26.5 Å². The minimum atomic E-state index is -0.352. The number of amides is 1. The van der Waals surface area contributed by atoms with E-state index in [2.05, 4.69) is 15.3 Å². The van der Waals surface area contributed by atoms with E-state index in [1.807, 2.05) is 19.2 Å². The standard InChI is InChI=1S/C16H14FN3OS2/c1-9(2)12-8-22-16(19-12)20-14(21)13-7-18-15(23-13)10-5-3-4-6-11(10)17/h3-9H,1-2H3,(H,19,20,21). The molecule has 23 heavy (non-hydrogen) atoms. The Bertz CT molecular complexity index is 841. The van der Waals surface area contributed by atoms with Crippen LogP contribution in [-0.4, -0.2) is 15.9 Å². The molecule has 4 nitrogen and oxygen atoms in total. The van der Waals surface area contributed by atoms with Gasteiger partial charge in [-0.15, -0.1) is 22.7 Å². The van der Waals surface area contributed by atoms with Crippen molar-refractivity contribution < 1.29 is 9.18 Å². The summed E-state index contributed by atoms with van der Waals surface area (Å²) < 4.78 is 13.8. The zero-order chi connectivity index (χ0) is 16.4. The first kappa shape index (κ1) is 15.8. The van der Waals surface area contributed by atoms with Gasteiger partial charge in [-0.25, -0.2) is 14.4 Å². The van der Waals surface area contributed by atoms with Crippen molar-refractivity contribution in [3.8, 4) is 10.6 Å². The number of anilines is 1. The first-order valence-electron chi connectivity index (χ1n) is 7.02. The second-order valence-corrected chi connectivity index (χ2v) is 7.08. The number of rotatable bonds is 4. The maximum atomic E-state index is 13.8. The van der Waals surface area contributed by atoms with Crippen LogP contribution in [0.25, 0.3) is 10.6 Å². The molecule has 3 rings (SSSR count). The Balaban J connectivity index is 1.77. The van der Waals surface area contributed by atoms with Gasteiger partial charge in [-0.05, 0) is 18.1 Å². The highest BCUT2D eigenvalue weighted by Gasteiger charge is 2.15. The van der Waals surface area contributed by atoms with Crippen LogP contribution >= 0.6 is 22.7 Å². The normalized spacial score (nSPS) is 11.0. The number of carbonyl (C=O) groups excluding carboxylic acids is 1. The molecule has 0 aliphatic carbocycles. The van der Waals surface area contributed by atoms with Crippen LogP contribution in [0.1, 0.15) is 35.1 Å². The quantitative estimate of drug-likeness (QED) is 0.739. The monoisotopic (exact) mass is 347 g/mol. The van der Waals surface area contributed by atoms with Crippen LogP contribution < -0.4 is 5.32 Å². The van der Waals surface area contributed by atoms with Gasteiger partial charge in [0, 0.05) is 10.9 Å².